The number of urea groups is 1. The summed E-state index contributed by atoms with van der Waals surface area (Å²) in [5, 5.41) is 19.1. The van der Waals surface area contributed by atoms with Gasteiger partial charge in [-0.1, -0.05) is 18.0 Å². The highest BCUT2D eigenvalue weighted by Crippen LogP contribution is 2.33. The van der Waals surface area contributed by atoms with Gasteiger partial charge >= 0.3 is 6.03 Å². The summed E-state index contributed by atoms with van der Waals surface area (Å²) in [6.45, 7) is 0. The Labute approximate surface area is 149 Å². The van der Waals surface area contributed by atoms with Gasteiger partial charge in [0.1, 0.15) is 5.75 Å². The van der Waals surface area contributed by atoms with Crippen LogP contribution in [0.5, 0.6) is 5.75 Å². The number of anilines is 1. The molecule has 3 rings (SSSR count). The molecule has 24 heavy (non-hydrogen) atoms. The highest BCUT2D eigenvalue weighted by Gasteiger charge is 2.42. The van der Waals surface area contributed by atoms with Crippen LogP contribution in [0, 0.1) is 0 Å². The standard InChI is InChI=1S/C16H20ClN3O3S/c17-9-5-6-12(21)10(7-9)18-14(22)4-2-1-3-13-15-11(8-24-13)19-16(23)20-15/h5-7,11,13,15,21H,1-4,8H2,(H,18,22)(H2,19,20,23). The number of thioether (sulfide) groups is 1. The fraction of sp³-hybridized carbons (Fsp3) is 0.500. The molecule has 3 unspecified atom stereocenters. The van der Waals surface area contributed by atoms with Crippen molar-refractivity contribution in [3.63, 3.8) is 0 Å². The molecule has 0 aromatic heterocycles. The molecule has 0 radical (unpaired) electrons. The number of carbonyl (C=O) groups excluding carboxylic acids is 2. The minimum Gasteiger partial charge on any atom is -0.506 e. The zero-order valence-corrected chi connectivity index (χ0v) is 14.6. The van der Waals surface area contributed by atoms with E-state index in [9.17, 15) is 14.7 Å². The van der Waals surface area contributed by atoms with Gasteiger partial charge in [-0.05, 0) is 31.0 Å². The Balaban J connectivity index is 1.38. The van der Waals surface area contributed by atoms with Gasteiger partial charge in [-0.15, -0.1) is 0 Å². The SMILES string of the molecule is O=C(CCCCC1SCC2NC(=O)NC21)Nc1cc(Cl)ccc1O. The molecule has 3 atom stereocenters. The Morgan fingerprint density at radius 1 is 1.38 bits per heavy atom. The van der Waals surface area contributed by atoms with Crippen LogP contribution in [0.25, 0.3) is 0 Å². The maximum Gasteiger partial charge on any atom is 0.315 e. The van der Waals surface area contributed by atoms with Crippen LogP contribution in [0.3, 0.4) is 0 Å². The molecule has 2 heterocycles. The van der Waals surface area contributed by atoms with Crippen molar-refractivity contribution in [1.82, 2.24) is 10.6 Å². The molecule has 2 aliphatic rings. The molecular formula is C16H20ClN3O3S. The fourth-order valence-corrected chi connectivity index (χ4v) is 4.81. The Morgan fingerprint density at radius 2 is 2.21 bits per heavy atom. The first-order valence-corrected chi connectivity index (χ1v) is 9.42. The fourth-order valence-electron chi connectivity index (χ4n) is 3.10. The summed E-state index contributed by atoms with van der Waals surface area (Å²) in [5.74, 6) is 0.814. The van der Waals surface area contributed by atoms with E-state index in [0.29, 0.717) is 22.4 Å². The second-order valence-electron chi connectivity index (χ2n) is 6.08. The van der Waals surface area contributed by atoms with Crippen molar-refractivity contribution in [3.8, 4) is 5.75 Å². The monoisotopic (exact) mass is 369 g/mol. The predicted molar refractivity (Wildman–Crippen MR) is 95.7 cm³/mol. The van der Waals surface area contributed by atoms with E-state index in [1.54, 1.807) is 6.07 Å². The van der Waals surface area contributed by atoms with E-state index in [-0.39, 0.29) is 29.8 Å². The van der Waals surface area contributed by atoms with Crippen molar-refractivity contribution in [2.75, 3.05) is 11.1 Å². The largest absolute Gasteiger partial charge is 0.506 e. The van der Waals surface area contributed by atoms with Gasteiger partial charge in [-0.3, -0.25) is 4.79 Å². The number of hydrogen-bond acceptors (Lipinski definition) is 4. The number of halogens is 1. The first-order chi connectivity index (χ1) is 11.5. The number of rotatable bonds is 6. The zero-order chi connectivity index (χ0) is 17.1. The molecule has 6 nitrogen and oxygen atoms in total. The quantitative estimate of drug-likeness (QED) is 0.352. The minimum absolute atomic E-state index is 0.00521. The molecule has 8 heteroatoms. The lowest BCUT2D eigenvalue weighted by atomic mass is 10.0. The number of carbonyl (C=O) groups is 2. The Hall–Kier alpha value is -1.60. The van der Waals surface area contributed by atoms with E-state index >= 15 is 0 Å². The van der Waals surface area contributed by atoms with E-state index in [1.165, 1.54) is 12.1 Å². The van der Waals surface area contributed by atoms with Crippen LogP contribution in [0.15, 0.2) is 18.2 Å². The molecule has 2 saturated heterocycles. The molecule has 0 aliphatic carbocycles. The highest BCUT2D eigenvalue weighted by atomic mass is 35.5. The summed E-state index contributed by atoms with van der Waals surface area (Å²) in [5.41, 5.74) is 0.335. The van der Waals surface area contributed by atoms with Gasteiger partial charge in [-0.25, -0.2) is 4.79 Å². The molecule has 2 fully saturated rings. The van der Waals surface area contributed by atoms with Crippen LogP contribution >= 0.6 is 23.4 Å². The summed E-state index contributed by atoms with van der Waals surface area (Å²) < 4.78 is 0. The molecule has 0 saturated carbocycles. The van der Waals surface area contributed by atoms with E-state index < -0.39 is 0 Å². The number of unbranched alkanes of at least 4 members (excludes halogenated alkanes) is 1. The summed E-state index contributed by atoms with van der Waals surface area (Å²) >= 11 is 7.73. The first kappa shape index (κ1) is 17.2. The van der Waals surface area contributed by atoms with Gasteiger partial charge in [-0.2, -0.15) is 11.8 Å². The van der Waals surface area contributed by atoms with Gasteiger partial charge in [0.15, 0.2) is 0 Å². The average molecular weight is 370 g/mol. The zero-order valence-electron chi connectivity index (χ0n) is 13.0. The number of fused-ring (bicyclic) bond motifs is 1. The van der Waals surface area contributed by atoms with Crippen LogP contribution in [0.2, 0.25) is 5.02 Å². The number of hydrogen-bond donors (Lipinski definition) is 4. The van der Waals surface area contributed by atoms with Gasteiger partial charge in [0, 0.05) is 22.4 Å². The summed E-state index contributed by atoms with van der Waals surface area (Å²) in [7, 11) is 0. The van der Waals surface area contributed by atoms with Gasteiger partial charge in [0.2, 0.25) is 5.91 Å². The molecule has 2 aliphatic heterocycles. The smallest absolute Gasteiger partial charge is 0.315 e. The number of phenolic OH excluding ortho intramolecular Hbond substituents is 1. The predicted octanol–water partition coefficient (Wildman–Crippen LogP) is 2.71. The maximum atomic E-state index is 12.0. The van der Waals surface area contributed by atoms with Crippen molar-refractivity contribution in [2.24, 2.45) is 0 Å². The molecule has 3 amide bonds. The van der Waals surface area contributed by atoms with Gasteiger partial charge < -0.3 is 21.1 Å². The molecule has 130 valence electrons. The van der Waals surface area contributed by atoms with Crippen LogP contribution in [0.1, 0.15) is 25.7 Å². The Kier molecular flexibility index (Phi) is 5.40. The summed E-state index contributed by atoms with van der Waals surface area (Å²) in [6, 6.07) is 4.92. The van der Waals surface area contributed by atoms with Crippen LogP contribution in [-0.4, -0.2) is 40.1 Å². The molecule has 4 N–H and O–H groups in total. The molecule has 1 aromatic carbocycles. The van der Waals surface area contributed by atoms with Gasteiger partial charge in [0.05, 0.1) is 17.8 Å². The van der Waals surface area contributed by atoms with Crippen LogP contribution in [-0.2, 0) is 4.79 Å². The summed E-state index contributed by atoms with van der Waals surface area (Å²) in [4.78, 5) is 23.3. The van der Waals surface area contributed by atoms with Gasteiger partial charge in [0.25, 0.3) is 0 Å². The van der Waals surface area contributed by atoms with Crippen molar-refractivity contribution < 1.29 is 14.7 Å². The van der Waals surface area contributed by atoms with Crippen molar-refractivity contribution in [2.45, 2.75) is 43.0 Å². The van der Waals surface area contributed by atoms with Crippen molar-refractivity contribution in [1.29, 1.82) is 0 Å². The Bertz CT molecular complexity index is 643. The van der Waals surface area contributed by atoms with Crippen LogP contribution in [0.4, 0.5) is 10.5 Å². The molecular weight excluding hydrogens is 350 g/mol. The number of phenols is 1. The second kappa shape index (κ2) is 7.53. The second-order valence-corrected chi connectivity index (χ2v) is 7.79. The number of benzene rings is 1. The van der Waals surface area contributed by atoms with Crippen molar-refractivity contribution >= 4 is 41.0 Å². The summed E-state index contributed by atoms with van der Waals surface area (Å²) in [6.07, 6.45) is 3.06. The van der Waals surface area contributed by atoms with Crippen molar-refractivity contribution in [3.05, 3.63) is 23.2 Å². The Morgan fingerprint density at radius 3 is 3.04 bits per heavy atom. The number of aromatic hydroxyl groups is 1. The third-order valence-electron chi connectivity index (χ3n) is 4.31. The van der Waals surface area contributed by atoms with E-state index in [0.717, 1.165) is 25.0 Å². The molecule has 0 bridgehead atoms. The highest BCUT2D eigenvalue weighted by molar-refractivity contribution is 8.00. The third-order valence-corrected chi connectivity index (χ3v) is 6.06. The number of amides is 3. The lowest BCUT2D eigenvalue weighted by Gasteiger charge is -2.16. The average Bonchev–Trinajstić information content (AvgIpc) is 3.07. The minimum atomic E-state index is -0.139. The number of nitrogens with one attached hydrogen (secondary N) is 3. The van der Waals surface area contributed by atoms with E-state index in [4.69, 9.17) is 11.6 Å². The normalized spacial score (nSPS) is 25.0. The lowest BCUT2D eigenvalue weighted by Crippen LogP contribution is -2.36. The van der Waals surface area contributed by atoms with E-state index in [2.05, 4.69) is 16.0 Å². The third kappa shape index (κ3) is 4.08. The lowest BCUT2D eigenvalue weighted by molar-refractivity contribution is -0.116. The van der Waals surface area contributed by atoms with Crippen LogP contribution < -0.4 is 16.0 Å². The molecule has 0 spiro atoms. The first-order valence-electron chi connectivity index (χ1n) is 8.00. The van der Waals surface area contributed by atoms with E-state index in [1.807, 2.05) is 11.8 Å². The molecule has 1 aromatic rings. The topological polar surface area (TPSA) is 90.5 Å². The maximum absolute atomic E-state index is 12.0.